The lowest BCUT2D eigenvalue weighted by atomic mass is 10.2. The van der Waals surface area contributed by atoms with Crippen molar-refractivity contribution >= 4 is 26.9 Å². The molecule has 2 aromatic rings. The first-order chi connectivity index (χ1) is 12.9. The van der Waals surface area contributed by atoms with Crippen LogP contribution < -0.4 is 10.7 Å². The van der Waals surface area contributed by atoms with Crippen LogP contribution in [-0.4, -0.2) is 68.6 Å². The molecule has 0 aliphatic carbocycles. The number of benzene rings is 1. The predicted octanol–water partition coefficient (Wildman–Crippen LogP) is 0.490. The summed E-state index contributed by atoms with van der Waals surface area (Å²) in [7, 11) is -3.44. The van der Waals surface area contributed by atoms with Crippen LogP contribution in [0.1, 0.15) is 17.5 Å². The molecular weight excluding hydrogens is 370 g/mol. The number of fused-ring (bicyclic) bond motifs is 1. The van der Waals surface area contributed by atoms with Gasteiger partial charge in [-0.05, 0) is 18.7 Å². The summed E-state index contributed by atoms with van der Waals surface area (Å²) in [6.45, 7) is 5.25. The zero-order chi connectivity index (χ0) is 19.4. The molecule has 0 bridgehead atoms. The van der Waals surface area contributed by atoms with Crippen LogP contribution in [0.15, 0.2) is 39.5 Å². The molecule has 8 nitrogen and oxygen atoms in total. The van der Waals surface area contributed by atoms with Gasteiger partial charge in [0.2, 0.25) is 10.0 Å². The minimum Gasteiger partial charge on any atom is -0.451 e. The van der Waals surface area contributed by atoms with Gasteiger partial charge in [0.25, 0.3) is 5.91 Å². The van der Waals surface area contributed by atoms with Gasteiger partial charge in [0.05, 0.1) is 11.1 Å². The van der Waals surface area contributed by atoms with Crippen molar-refractivity contribution in [2.75, 3.05) is 45.0 Å². The Morgan fingerprint density at radius 2 is 1.89 bits per heavy atom. The molecule has 1 aromatic heterocycles. The minimum atomic E-state index is -3.44. The second-order valence-electron chi connectivity index (χ2n) is 6.38. The predicted molar refractivity (Wildman–Crippen MR) is 102 cm³/mol. The van der Waals surface area contributed by atoms with Gasteiger partial charge in [0, 0.05) is 38.8 Å². The van der Waals surface area contributed by atoms with Gasteiger partial charge in [-0.2, -0.15) is 4.31 Å². The van der Waals surface area contributed by atoms with Crippen LogP contribution in [0.5, 0.6) is 0 Å². The number of rotatable bonds is 6. The van der Waals surface area contributed by atoms with Crippen molar-refractivity contribution in [3.63, 3.8) is 0 Å². The molecule has 0 atom stereocenters. The van der Waals surface area contributed by atoms with Crippen molar-refractivity contribution in [2.45, 2.75) is 6.92 Å². The highest BCUT2D eigenvalue weighted by molar-refractivity contribution is 7.89. The number of carbonyl (C=O) groups excluding carboxylic acids is 1. The molecule has 1 aromatic carbocycles. The van der Waals surface area contributed by atoms with Crippen molar-refractivity contribution < 1.29 is 17.6 Å². The van der Waals surface area contributed by atoms with Gasteiger partial charge in [-0.15, -0.1) is 0 Å². The summed E-state index contributed by atoms with van der Waals surface area (Å²) in [5, 5.41) is 2.91. The van der Waals surface area contributed by atoms with Crippen molar-refractivity contribution in [3.05, 3.63) is 46.3 Å². The molecule has 0 spiro atoms. The Labute approximate surface area is 157 Å². The van der Waals surface area contributed by atoms with E-state index in [1.807, 2.05) is 6.92 Å². The van der Waals surface area contributed by atoms with E-state index < -0.39 is 15.9 Å². The van der Waals surface area contributed by atoms with E-state index in [1.165, 1.54) is 4.31 Å². The third-order valence-electron chi connectivity index (χ3n) is 4.68. The van der Waals surface area contributed by atoms with Crippen LogP contribution >= 0.6 is 0 Å². The molecule has 146 valence electrons. The number of sulfonamides is 1. The van der Waals surface area contributed by atoms with Crippen molar-refractivity contribution in [1.82, 2.24) is 14.5 Å². The summed E-state index contributed by atoms with van der Waals surface area (Å²) in [4.78, 5) is 26.5. The molecule has 1 N–H and O–H groups in total. The summed E-state index contributed by atoms with van der Waals surface area (Å²) in [5.74, 6) is -0.931. The largest absolute Gasteiger partial charge is 0.451 e. The fourth-order valence-corrected chi connectivity index (χ4v) is 4.39. The molecular formula is C18H23N3O5S. The molecule has 1 amide bonds. The number of likely N-dealkylation sites (N-methyl/N-ethyl adjacent to an activating group) is 1. The van der Waals surface area contributed by atoms with Gasteiger partial charge in [0.1, 0.15) is 5.58 Å². The van der Waals surface area contributed by atoms with Crippen molar-refractivity contribution in [1.29, 1.82) is 0 Å². The Hall–Kier alpha value is -2.23. The zero-order valence-electron chi connectivity index (χ0n) is 15.2. The molecule has 0 unspecified atom stereocenters. The Morgan fingerprint density at radius 1 is 1.19 bits per heavy atom. The number of hydrogen-bond donors (Lipinski definition) is 1. The number of nitrogens with one attached hydrogen (secondary N) is 1. The van der Waals surface area contributed by atoms with Crippen molar-refractivity contribution in [3.8, 4) is 0 Å². The summed E-state index contributed by atoms with van der Waals surface area (Å²) >= 11 is 0. The SMILES string of the molecule is CCN1CCN(S(=O)(=O)CCNC(=O)c2cc(=O)c3ccccc3o2)CC1. The van der Waals surface area contributed by atoms with Gasteiger partial charge in [0.15, 0.2) is 11.2 Å². The molecule has 2 heterocycles. The highest BCUT2D eigenvalue weighted by Crippen LogP contribution is 2.12. The molecule has 1 fully saturated rings. The summed E-state index contributed by atoms with van der Waals surface area (Å²) in [6, 6.07) is 7.76. The minimum absolute atomic E-state index is 0.0499. The molecule has 3 rings (SSSR count). The number of carbonyl (C=O) groups is 1. The Morgan fingerprint density at radius 3 is 2.59 bits per heavy atom. The summed E-state index contributed by atoms with van der Waals surface area (Å²) in [6.07, 6.45) is 0. The molecule has 27 heavy (non-hydrogen) atoms. The van der Waals surface area contributed by atoms with E-state index in [1.54, 1.807) is 24.3 Å². The highest BCUT2D eigenvalue weighted by Gasteiger charge is 2.26. The number of amides is 1. The monoisotopic (exact) mass is 393 g/mol. The molecule has 1 saturated heterocycles. The van der Waals surface area contributed by atoms with Crippen LogP contribution in [-0.2, 0) is 10.0 Å². The van der Waals surface area contributed by atoms with Gasteiger partial charge in [-0.25, -0.2) is 8.42 Å². The van der Waals surface area contributed by atoms with Crippen molar-refractivity contribution in [2.24, 2.45) is 0 Å². The molecule has 9 heteroatoms. The molecule has 1 aliphatic rings. The maximum Gasteiger partial charge on any atom is 0.287 e. The Bertz CT molecular complexity index is 978. The maximum atomic E-state index is 12.4. The van der Waals surface area contributed by atoms with E-state index in [0.717, 1.165) is 12.6 Å². The first kappa shape index (κ1) is 19.5. The second-order valence-corrected chi connectivity index (χ2v) is 8.46. The fourth-order valence-electron chi connectivity index (χ4n) is 3.05. The van der Waals surface area contributed by atoms with Crippen LogP contribution in [0, 0.1) is 0 Å². The lowest BCUT2D eigenvalue weighted by Gasteiger charge is -2.33. The zero-order valence-corrected chi connectivity index (χ0v) is 16.0. The average Bonchev–Trinajstić information content (AvgIpc) is 2.67. The average molecular weight is 393 g/mol. The summed E-state index contributed by atoms with van der Waals surface area (Å²) < 4.78 is 31.7. The second kappa shape index (κ2) is 8.20. The maximum absolute atomic E-state index is 12.4. The van der Waals surface area contributed by atoms with E-state index in [0.29, 0.717) is 37.1 Å². The first-order valence-corrected chi connectivity index (χ1v) is 10.5. The van der Waals surface area contributed by atoms with Gasteiger partial charge in [-0.3, -0.25) is 9.59 Å². The standard InChI is InChI=1S/C18H23N3O5S/c1-2-20-8-10-21(11-9-20)27(24,25)12-7-19-18(23)17-13-15(22)14-5-3-4-6-16(14)26-17/h3-6,13H,2,7-12H2,1H3,(H,19,23). The van der Waals surface area contributed by atoms with E-state index in [-0.39, 0.29) is 23.5 Å². The van der Waals surface area contributed by atoms with E-state index in [9.17, 15) is 18.0 Å². The smallest absolute Gasteiger partial charge is 0.287 e. The van der Waals surface area contributed by atoms with Gasteiger partial charge >= 0.3 is 0 Å². The summed E-state index contributed by atoms with van der Waals surface area (Å²) in [5.41, 5.74) is -0.0000155. The number of nitrogens with zero attached hydrogens (tertiary/aromatic N) is 2. The van der Waals surface area contributed by atoms with E-state index >= 15 is 0 Å². The molecule has 1 aliphatic heterocycles. The number of para-hydroxylation sites is 1. The van der Waals surface area contributed by atoms with Gasteiger partial charge < -0.3 is 14.6 Å². The van der Waals surface area contributed by atoms with Gasteiger partial charge in [-0.1, -0.05) is 19.1 Å². The third-order valence-corrected chi connectivity index (χ3v) is 6.55. The normalized spacial score (nSPS) is 16.5. The Kier molecular flexibility index (Phi) is 5.93. The fraction of sp³-hybridized carbons (Fsp3) is 0.444. The van der Waals surface area contributed by atoms with E-state index in [2.05, 4.69) is 10.2 Å². The van der Waals surface area contributed by atoms with Crippen LogP contribution in [0.3, 0.4) is 0 Å². The number of piperazine rings is 1. The highest BCUT2D eigenvalue weighted by atomic mass is 32.2. The number of hydrogen-bond acceptors (Lipinski definition) is 6. The lowest BCUT2D eigenvalue weighted by Crippen LogP contribution is -2.49. The van der Waals surface area contributed by atoms with Crippen LogP contribution in [0.2, 0.25) is 0 Å². The quantitative estimate of drug-likeness (QED) is 0.767. The topological polar surface area (TPSA) is 99.9 Å². The molecule has 0 saturated carbocycles. The third kappa shape index (κ3) is 4.55. The molecule has 0 radical (unpaired) electrons. The first-order valence-electron chi connectivity index (χ1n) is 8.92. The lowest BCUT2D eigenvalue weighted by molar-refractivity contribution is 0.0929. The van der Waals surface area contributed by atoms with E-state index in [4.69, 9.17) is 4.42 Å². The van der Waals surface area contributed by atoms with Crippen LogP contribution in [0.25, 0.3) is 11.0 Å². The Balaban J connectivity index is 1.59. The van der Waals surface area contributed by atoms with Crippen LogP contribution in [0.4, 0.5) is 0 Å².